The number of carbonyl (C=O) groups is 1. The minimum Gasteiger partial charge on any atom is -0.488 e. The molecular formula is C19H19BrF3N3O2. The van der Waals surface area contributed by atoms with Crippen LogP contribution in [0.3, 0.4) is 0 Å². The summed E-state index contributed by atoms with van der Waals surface area (Å²) in [6.45, 7) is 2.82. The van der Waals surface area contributed by atoms with Crippen LogP contribution in [0.1, 0.15) is 21.5 Å². The first-order chi connectivity index (χ1) is 13.3. The molecule has 0 unspecified atom stereocenters. The van der Waals surface area contributed by atoms with Gasteiger partial charge in [-0.1, -0.05) is 28.1 Å². The number of hydrogen-bond donors (Lipinski definition) is 2. The lowest BCUT2D eigenvalue weighted by atomic mass is 10.1. The zero-order chi connectivity index (χ0) is 20.3. The van der Waals surface area contributed by atoms with E-state index in [4.69, 9.17) is 10.5 Å². The third-order valence-corrected chi connectivity index (χ3v) is 5.20. The van der Waals surface area contributed by atoms with E-state index < -0.39 is 17.6 Å². The number of nitrogens with zero attached hydrogens (tertiary/aromatic N) is 1. The van der Waals surface area contributed by atoms with E-state index >= 15 is 0 Å². The number of alkyl halides is 3. The smallest absolute Gasteiger partial charge is 0.419 e. The summed E-state index contributed by atoms with van der Waals surface area (Å²) in [6.07, 6.45) is -4.50. The predicted molar refractivity (Wildman–Crippen MR) is 104 cm³/mol. The molecule has 5 nitrogen and oxygen atoms in total. The van der Waals surface area contributed by atoms with E-state index in [0.717, 1.165) is 19.2 Å². The van der Waals surface area contributed by atoms with Crippen LogP contribution in [0.5, 0.6) is 5.75 Å². The maximum absolute atomic E-state index is 13.1. The molecule has 9 heteroatoms. The van der Waals surface area contributed by atoms with Crippen molar-refractivity contribution in [2.75, 3.05) is 31.1 Å². The van der Waals surface area contributed by atoms with Crippen molar-refractivity contribution in [3.63, 3.8) is 0 Å². The fourth-order valence-corrected chi connectivity index (χ4v) is 3.52. The maximum Gasteiger partial charge on any atom is 0.419 e. The Balaban J connectivity index is 1.90. The van der Waals surface area contributed by atoms with Crippen LogP contribution in [-0.4, -0.2) is 32.1 Å². The van der Waals surface area contributed by atoms with Crippen molar-refractivity contribution >= 4 is 27.5 Å². The molecule has 1 amide bonds. The minimum absolute atomic E-state index is 0.0915. The van der Waals surface area contributed by atoms with Crippen molar-refractivity contribution in [3.05, 3.63) is 57.6 Å². The van der Waals surface area contributed by atoms with Gasteiger partial charge in [0.05, 0.1) is 16.8 Å². The number of para-hydroxylation sites is 1. The predicted octanol–water partition coefficient (Wildman–Crippen LogP) is 3.56. The van der Waals surface area contributed by atoms with Crippen LogP contribution in [-0.2, 0) is 12.8 Å². The number of rotatable bonds is 5. The second kappa shape index (κ2) is 8.40. The SMILES string of the molecule is NC(=O)c1cc(Br)c(COc2ccccc2C(F)(F)F)cc1N1CCNCC1. The summed E-state index contributed by atoms with van der Waals surface area (Å²) in [5.74, 6) is -0.811. The number of amides is 1. The zero-order valence-electron chi connectivity index (χ0n) is 14.9. The molecule has 0 saturated carbocycles. The van der Waals surface area contributed by atoms with Crippen LogP contribution in [0, 0.1) is 0 Å². The normalized spacial score (nSPS) is 14.8. The number of halogens is 4. The molecule has 1 saturated heterocycles. The Kier molecular flexibility index (Phi) is 6.14. The second-order valence-electron chi connectivity index (χ2n) is 6.34. The number of ether oxygens (including phenoxy) is 1. The Hall–Kier alpha value is -2.26. The molecule has 0 atom stereocenters. The Labute approximate surface area is 168 Å². The minimum atomic E-state index is -4.50. The topological polar surface area (TPSA) is 67.6 Å². The van der Waals surface area contributed by atoms with E-state index in [1.165, 1.54) is 18.2 Å². The number of nitrogens with one attached hydrogen (secondary N) is 1. The molecule has 0 aromatic heterocycles. The summed E-state index contributed by atoms with van der Waals surface area (Å²) in [5.41, 5.74) is 6.31. The molecule has 1 fully saturated rings. The molecule has 0 radical (unpaired) electrons. The molecule has 1 heterocycles. The molecule has 2 aromatic carbocycles. The molecule has 2 aromatic rings. The molecule has 1 aliphatic rings. The Bertz CT molecular complexity index is 868. The van der Waals surface area contributed by atoms with Crippen molar-refractivity contribution in [1.82, 2.24) is 5.32 Å². The van der Waals surface area contributed by atoms with E-state index in [-0.39, 0.29) is 12.4 Å². The first-order valence-corrected chi connectivity index (χ1v) is 9.43. The van der Waals surface area contributed by atoms with Gasteiger partial charge in [0.25, 0.3) is 5.91 Å². The van der Waals surface area contributed by atoms with Gasteiger partial charge in [0.1, 0.15) is 12.4 Å². The molecule has 150 valence electrons. The number of anilines is 1. The van der Waals surface area contributed by atoms with E-state index in [0.29, 0.717) is 34.4 Å². The van der Waals surface area contributed by atoms with Gasteiger partial charge in [-0.3, -0.25) is 4.79 Å². The highest BCUT2D eigenvalue weighted by molar-refractivity contribution is 9.10. The van der Waals surface area contributed by atoms with Crippen LogP contribution >= 0.6 is 15.9 Å². The lowest BCUT2D eigenvalue weighted by molar-refractivity contribution is -0.139. The fraction of sp³-hybridized carbons (Fsp3) is 0.316. The average molecular weight is 458 g/mol. The summed E-state index contributed by atoms with van der Waals surface area (Å²) in [6, 6.07) is 8.40. The number of nitrogens with two attached hydrogens (primary N) is 1. The Morgan fingerprint density at radius 3 is 2.54 bits per heavy atom. The zero-order valence-corrected chi connectivity index (χ0v) is 16.4. The van der Waals surface area contributed by atoms with E-state index in [2.05, 4.69) is 21.2 Å². The molecule has 3 N–H and O–H groups in total. The van der Waals surface area contributed by atoms with Crippen molar-refractivity contribution in [3.8, 4) is 5.75 Å². The number of hydrogen-bond acceptors (Lipinski definition) is 4. The lowest BCUT2D eigenvalue weighted by Gasteiger charge is -2.31. The quantitative estimate of drug-likeness (QED) is 0.720. The van der Waals surface area contributed by atoms with Crippen LogP contribution in [0.4, 0.5) is 18.9 Å². The number of carbonyl (C=O) groups excluding carboxylic acids is 1. The average Bonchev–Trinajstić information content (AvgIpc) is 2.67. The monoisotopic (exact) mass is 457 g/mol. The highest BCUT2D eigenvalue weighted by atomic mass is 79.9. The van der Waals surface area contributed by atoms with Crippen molar-refractivity contribution in [2.45, 2.75) is 12.8 Å². The Morgan fingerprint density at radius 1 is 1.21 bits per heavy atom. The van der Waals surface area contributed by atoms with Crippen molar-refractivity contribution < 1.29 is 22.7 Å². The van der Waals surface area contributed by atoms with Gasteiger partial charge in [0.2, 0.25) is 0 Å². The first kappa shape index (κ1) is 20.5. The number of primary amides is 1. The van der Waals surface area contributed by atoms with Crippen LogP contribution in [0.15, 0.2) is 40.9 Å². The number of benzene rings is 2. The van der Waals surface area contributed by atoms with Gasteiger partial charge >= 0.3 is 6.18 Å². The van der Waals surface area contributed by atoms with Gasteiger partial charge in [-0.25, -0.2) is 0 Å². The number of piperazine rings is 1. The maximum atomic E-state index is 13.1. The third-order valence-electron chi connectivity index (χ3n) is 4.46. The molecule has 0 aliphatic carbocycles. The molecule has 0 bridgehead atoms. The van der Waals surface area contributed by atoms with E-state index in [1.807, 2.05) is 4.90 Å². The van der Waals surface area contributed by atoms with Gasteiger partial charge in [-0.05, 0) is 24.3 Å². The van der Waals surface area contributed by atoms with E-state index in [1.54, 1.807) is 12.1 Å². The van der Waals surface area contributed by atoms with E-state index in [9.17, 15) is 18.0 Å². The van der Waals surface area contributed by atoms with Crippen LogP contribution < -0.4 is 20.7 Å². The molecule has 3 rings (SSSR count). The van der Waals surface area contributed by atoms with Crippen molar-refractivity contribution in [2.24, 2.45) is 5.73 Å². The second-order valence-corrected chi connectivity index (χ2v) is 7.20. The summed E-state index contributed by atoms with van der Waals surface area (Å²) in [4.78, 5) is 13.9. The summed E-state index contributed by atoms with van der Waals surface area (Å²) < 4.78 is 45.5. The molecular weight excluding hydrogens is 439 g/mol. The third kappa shape index (κ3) is 4.59. The lowest BCUT2D eigenvalue weighted by Crippen LogP contribution is -2.44. The fourth-order valence-electron chi connectivity index (χ4n) is 3.06. The standard InChI is InChI=1S/C19H19BrF3N3O2/c20-15-10-13(18(24)27)16(26-7-5-25-6-8-26)9-12(15)11-28-17-4-2-1-3-14(17)19(21,22)23/h1-4,9-10,25H,5-8,11H2,(H2,24,27). The Morgan fingerprint density at radius 2 is 1.89 bits per heavy atom. The highest BCUT2D eigenvalue weighted by Crippen LogP contribution is 2.37. The summed E-state index contributed by atoms with van der Waals surface area (Å²) in [5, 5.41) is 3.23. The van der Waals surface area contributed by atoms with Crippen molar-refractivity contribution in [1.29, 1.82) is 0 Å². The largest absolute Gasteiger partial charge is 0.488 e. The first-order valence-electron chi connectivity index (χ1n) is 8.64. The highest BCUT2D eigenvalue weighted by Gasteiger charge is 2.34. The van der Waals surface area contributed by atoms with Gasteiger partial charge in [0.15, 0.2) is 0 Å². The van der Waals surface area contributed by atoms with Gasteiger partial charge in [-0.15, -0.1) is 0 Å². The molecule has 28 heavy (non-hydrogen) atoms. The summed E-state index contributed by atoms with van der Waals surface area (Å²) in [7, 11) is 0. The summed E-state index contributed by atoms with van der Waals surface area (Å²) >= 11 is 3.36. The van der Waals surface area contributed by atoms with Gasteiger partial charge in [0, 0.05) is 36.2 Å². The molecule has 1 aliphatic heterocycles. The van der Waals surface area contributed by atoms with Crippen LogP contribution in [0.25, 0.3) is 0 Å². The molecule has 0 spiro atoms. The van der Waals surface area contributed by atoms with Gasteiger partial charge in [-0.2, -0.15) is 13.2 Å². The van der Waals surface area contributed by atoms with Crippen LogP contribution in [0.2, 0.25) is 0 Å². The van der Waals surface area contributed by atoms with Gasteiger partial charge < -0.3 is 20.7 Å².